The number of aromatic nitrogens is 1. The number of benzene rings is 1. The van der Waals surface area contributed by atoms with Crippen molar-refractivity contribution in [3.8, 4) is 0 Å². The maximum absolute atomic E-state index is 13.2. The maximum Gasteiger partial charge on any atom is 0.220 e. The van der Waals surface area contributed by atoms with E-state index in [-0.39, 0.29) is 11.7 Å². The first-order chi connectivity index (χ1) is 9.06. The van der Waals surface area contributed by atoms with Gasteiger partial charge in [-0.3, -0.25) is 4.79 Å². The Morgan fingerprint density at radius 2 is 2.21 bits per heavy atom. The third kappa shape index (κ3) is 3.56. The minimum absolute atomic E-state index is 0.0704. The average molecular weight is 262 g/mol. The molecular formula is C15H19FN2O. The number of rotatable bonds is 5. The number of amides is 1. The number of fused-ring (bicyclic) bond motifs is 1. The predicted molar refractivity (Wildman–Crippen MR) is 74.4 cm³/mol. The van der Waals surface area contributed by atoms with Gasteiger partial charge in [-0.15, -0.1) is 0 Å². The fraction of sp³-hybridized carbons (Fsp3) is 0.400. The van der Waals surface area contributed by atoms with Crippen LogP contribution in [0.4, 0.5) is 4.39 Å². The summed E-state index contributed by atoms with van der Waals surface area (Å²) >= 11 is 0. The van der Waals surface area contributed by atoms with Crippen LogP contribution in [-0.2, 0) is 11.2 Å². The minimum Gasteiger partial charge on any atom is -0.361 e. The largest absolute Gasteiger partial charge is 0.361 e. The number of hydrogen-bond donors (Lipinski definition) is 2. The van der Waals surface area contributed by atoms with Crippen molar-refractivity contribution in [3.05, 3.63) is 35.8 Å². The Balaban J connectivity index is 1.95. The summed E-state index contributed by atoms with van der Waals surface area (Å²) in [4.78, 5) is 14.6. The molecular weight excluding hydrogens is 243 g/mol. The fourth-order valence-electron chi connectivity index (χ4n) is 2.14. The lowest BCUT2D eigenvalue weighted by Gasteiger charge is -2.06. The van der Waals surface area contributed by atoms with E-state index in [2.05, 4.69) is 10.3 Å². The Morgan fingerprint density at radius 3 is 2.95 bits per heavy atom. The van der Waals surface area contributed by atoms with Gasteiger partial charge in [-0.25, -0.2) is 4.39 Å². The average Bonchev–Trinajstić information content (AvgIpc) is 2.71. The SMILES string of the molecule is CC(C)CC(=O)NCCc1c[nH]c2ccc(F)cc12. The van der Waals surface area contributed by atoms with Crippen LogP contribution in [0.3, 0.4) is 0 Å². The number of H-pyrrole nitrogens is 1. The summed E-state index contributed by atoms with van der Waals surface area (Å²) in [6.45, 7) is 4.61. The Kier molecular flexibility index (Phi) is 4.20. The van der Waals surface area contributed by atoms with E-state index in [1.807, 2.05) is 20.0 Å². The zero-order valence-corrected chi connectivity index (χ0v) is 11.3. The van der Waals surface area contributed by atoms with E-state index in [1.54, 1.807) is 6.07 Å². The van der Waals surface area contributed by atoms with Crippen molar-refractivity contribution >= 4 is 16.8 Å². The Bertz CT molecular complexity index is 575. The molecule has 0 atom stereocenters. The number of nitrogens with one attached hydrogen (secondary N) is 2. The molecule has 1 heterocycles. The fourth-order valence-corrected chi connectivity index (χ4v) is 2.14. The normalized spacial score (nSPS) is 11.2. The minimum atomic E-state index is -0.239. The molecule has 0 spiro atoms. The van der Waals surface area contributed by atoms with Crippen molar-refractivity contribution in [2.24, 2.45) is 5.92 Å². The van der Waals surface area contributed by atoms with Gasteiger partial charge in [0.2, 0.25) is 5.91 Å². The van der Waals surface area contributed by atoms with Gasteiger partial charge in [-0.2, -0.15) is 0 Å². The predicted octanol–water partition coefficient (Wildman–Crippen LogP) is 3.01. The summed E-state index contributed by atoms with van der Waals surface area (Å²) in [7, 11) is 0. The second-order valence-corrected chi connectivity index (χ2v) is 5.20. The van der Waals surface area contributed by atoms with Crippen LogP contribution in [0.15, 0.2) is 24.4 Å². The van der Waals surface area contributed by atoms with Crippen molar-refractivity contribution in [2.45, 2.75) is 26.7 Å². The Morgan fingerprint density at radius 1 is 1.42 bits per heavy atom. The number of aromatic amines is 1. The molecule has 2 aromatic rings. The molecule has 0 aliphatic carbocycles. The summed E-state index contributed by atoms with van der Waals surface area (Å²) in [6.07, 6.45) is 3.12. The molecule has 3 nitrogen and oxygen atoms in total. The summed E-state index contributed by atoms with van der Waals surface area (Å²) in [5, 5.41) is 3.77. The molecule has 0 aliphatic rings. The van der Waals surface area contributed by atoms with Gasteiger partial charge < -0.3 is 10.3 Å². The highest BCUT2D eigenvalue weighted by molar-refractivity contribution is 5.83. The standard InChI is InChI=1S/C15H19FN2O/c1-10(2)7-15(19)17-6-5-11-9-18-14-4-3-12(16)8-13(11)14/h3-4,8-10,18H,5-7H2,1-2H3,(H,17,19). The first kappa shape index (κ1) is 13.6. The number of carbonyl (C=O) groups is 1. The number of hydrogen-bond acceptors (Lipinski definition) is 1. The zero-order chi connectivity index (χ0) is 13.8. The van der Waals surface area contributed by atoms with E-state index in [0.29, 0.717) is 25.3 Å². The lowest BCUT2D eigenvalue weighted by molar-refractivity contribution is -0.121. The van der Waals surface area contributed by atoms with E-state index in [1.165, 1.54) is 12.1 Å². The lowest BCUT2D eigenvalue weighted by atomic mass is 10.1. The Labute approximate surface area is 112 Å². The van der Waals surface area contributed by atoms with Crippen molar-refractivity contribution in [2.75, 3.05) is 6.54 Å². The van der Waals surface area contributed by atoms with Gasteiger partial charge in [0.05, 0.1) is 0 Å². The van der Waals surface area contributed by atoms with Gasteiger partial charge in [0.25, 0.3) is 0 Å². The summed E-state index contributed by atoms with van der Waals surface area (Å²) in [5.74, 6) is 0.195. The molecule has 0 aliphatic heterocycles. The van der Waals surface area contributed by atoms with E-state index in [0.717, 1.165) is 16.5 Å². The maximum atomic E-state index is 13.2. The van der Waals surface area contributed by atoms with Crippen LogP contribution in [0.5, 0.6) is 0 Å². The Hall–Kier alpha value is -1.84. The second kappa shape index (κ2) is 5.87. The lowest BCUT2D eigenvalue weighted by Crippen LogP contribution is -2.26. The first-order valence-electron chi connectivity index (χ1n) is 6.58. The number of carbonyl (C=O) groups excluding carboxylic acids is 1. The molecule has 2 rings (SSSR count). The van der Waals surface area contributed by atoms with Crippen molar-refractivity contribution in [1.82, 2.24) is 10.3 Å². The van der Waals surface area contributed by atoms with Crippen LogP contribution in [0.1, 0.15) is 25.8 Å². The molecule has 2 N–H and O–H groups in total. The van der Waals surface area contributed by atoms with Crippen LogP contribution in [0.2, 0.25) is 0 Å². The third-order valence-corrected chi connectivity index (χ3v) is 3.04. The molecule has 102 valence electrons. The molecule has 0 bridgehead atoms. The van der Waals surface area contributed by atoms with Crippen LogP contribution < -0.4 is 5.32 Å². The topological polar surface area (TPSA) is 44.9 Å². The van der Waals surface area contributed by atoms with Crippen LogP contribution >= 0.6 is 0 Å². The van der Waals surface area contributed by atoms with Crippen molar-refractivity contribution in [1.29, 1.82) is 0 Å². The molecule has 0 radical (unpaired) electrons. The monoisotopic (exact) mass is 262 g/mol. The third-order valence-electron chi connectivity index (χ3n) is 3.04. The second-order valence-electron chi connectivity index (χ2n) is 5.20. The van der Waals surface area contributed by atoms with E-state index < -0.39 is 0 Å². The van der Waals surface area contributed by atoms with Crippen LogP contribution in [0, 0.1) is 11.7 Å². The first-order valence-corrected chi connectivity index (χ1v) is 6.58. The smallest absolute Gasteiger partial charge is 0.220 e. The van der Waals surface area contributed by atoms with Crippen molar-refractivity contribution < 1.29 is 9.18 Å². The van der Waals surface area contributed by atoms with Gasteiger partial charge in [0.15, 0.2) is 0 Å². The van der Waals surface area contributed by atoms with Crippen LogP contribution in [0.25, 0.3) is 10.9 Å². The molecule has 0 saturated heterocycles. The summed E-state index contributed by atoms with van der Waals surface area (Å²) in [5.41, 5.74) is 1.95. The molecule has 19 heavy (non-hydrogen) atoms. The zero-order valence-electron chi connectivity index (χ0n) is 11.3. The molecule has 0 saturated carbocycles. The van der Waals surface area contributed by atoms with Gasteiger partial charge in [-0.1, -0.05) is 13.8 Å². The molecule has 1 aromatic carbocycles. The van der Waals surface area contributed by atoms with E-state index in [9.17, 15) is 9.18 Å². The van der Waals surface area contributed by atoms with Gasteiger partial charge in [-0.05, 0) is 36.1 Å². The van der Waals surface area contributed by atoms with Crippen molar-refractivity contribution in [3.63, 3.8) is 0 Å². The van der Waals surface area contributed by atoms with Gasteiger partial charge in [0.1, 0.15) is 5.82 Å². The summed E-state index contributed by atoms with van der Waals surface area (Å²) < 4.78 is 13.2. The number of halogens is 1. The molecule has 0 fully saturated rings. The molecule has 1 amide bonds. The molecule has 0 unspecified atom stereocenters. The van der Waals surface area contributed by atoms with E-state index in [4.69, 9.17) is 0 Å². The molecule has 4 heteroatoms. The van der Waals surface area contributed by atoms with E-state index >= 15 is 0 Å². The summed E-state index contributed by atoms with van der Waals surface area (Å²) in [6, 6.07) is 4.69. The molecule has 1 aromatic heterocycles. The van der Waals surface area contributed by atoms with Gasteiger partial charge >= 0.3 is 0 Å². The van der Waals surface area contributed by atoms with Gasteiger partial charge in [0, 0.05) is 30.1 Å². The highest BCUT2D eigenvalue weighted by atomic mass is 19.1. The quantitative estimate of drug-likeness (QED) is 0.854. The highest BCUT2D eigenvalue weighted by Crippen LogP contribution is 2.19. The van der Waals surface area contributed by atoms with Crippen LogP contribution in [-0.4, -0.2) is 17.4 Å². The highest BCUT2D eigenvalue weighted by Gasteiger charge is 2.07.